The zero-order chi connectivity index (χ0) is 18.8. The van der Waals surface area contributed by atoms with E-state index in [0.29, 0.717) is 33.5 Å². The van der Waals surface area contributed by atoms with Crippen molar-refractivity contribution in [2.24, 2.45) is 0 Å². The van der Waals surface area contributed by atoms with Gasteiger partial charge >= 0.3 is 0 Å². The van der Waals surface area contributed by atoms with E-state index in [-0.39, 0.29) is 11.6 Å². The fraction of sp³-hybridized carbons (Fsp3) is 0.316. The Morgan fingerprint density at radius 1 is 1.23 bits per heavy atom. The minimum absolute atomic E-state index is 0.125. The molecule has 0 spiro atoms. The van der Waals surface area contributed by atoms with E-state index < -0.39 is 0 Å². The van der Waals surface area contributed by atoms with Crippen LogP contribution >= 0.6 is 23.2 Å². The van der Waals surface area contributed by atoms with Crippen molar-refractivity contribution in [2.75, 3.05) is 13.7 Å². The third-order valence-corrected chi connectivity index (χ3v) is 4.91. The quantitative estimate of drug-likeness (QED) is 0.633. The van der Waals surface area contributed by atoms with E-state index in [4.69, 9.17) is 27.9 Å². The molecule has 2 heterocycles. The molecule has 0 saturated carbocycles. The summed E-state index contributed by atoms with van der Waals surface area (Å²) in [5, 5.41) is 1.08. The van der Waals surface area contributed by atoms with Crippen LogP contribution in [0.3, 0.4) is 0 Å². The number of ether oxygens (including phenoxy) is 1. The monoisotopic (exact) mass is 391 g/mol. The van der Waals surface area contributed by atoms with Crippen LogP contribution in [0.4, 0.5) is 0 Å². The molecular formula is C19H19Cl2N3O2. The lowest BCUT2D eigenvalue weighted by Crippen LogP contribution is -2.30. The number of hydrogen-bond donors (Lipinski definition) is 0. The van der Waals surface area contributed by atoms with Crippen LogP contribution in [0.1, 0.15) is 25.1 Å². The molecule has 0 saturated heterocycles. The van der Waals surface area contributed by atoms with E-state index in [2.05, 4.69) is 9.97 Å². The first-order chi connectivity index (χ1) is 12.5. The Hall–Kier alpha value is -1.95. The summed E-state index contributed by atoms with van der Waals surface area (Å²) in [6.07, 6.45) is 2.40. The number of aryl methyl sites for hydroxylation is 1. The van der Waals surface area contributed by atoms with Crippen molar-refractivity contribution in [3.8, 4) is 11.1 Å². The first-order valence-corrected chi connectivity index (χ1v) is 9.05. The molecule has 2 aromatic heterocycles. The largest absolute Gasteiger partial charge is 0.383 e. The summed E-state index contributed by atoms with van der Waals surface area (Å²) >= 11 is 12.4. The number of hydrogen-bond acceptors (Lipinski definition) is 4. The molecule has 7 heteroatoms. The highest BCUT2D eigenvalue weighted by Crippen LogP contribution is 2.33. The van der Waals surface area contributed by atoms with Crippen molar-refractivity contribution in [1.82, 2.24) is 14.5 Å². The lowest BCUT2D eigenvalue weighted by Gasteiger charge is -2.20. The first kappa shape index (κ1) is 18.8. The number of nitrogens with zero attached hydrogens (tertiary/aromatic N) is 3. The molecule has 0 aliphatic rings. The highest BCUT2D eigenvalue weighted by Gasteiger charge is 2.20. The average Bonchev–Trinajstić information content (AvgIpc) is 2.61. The summed E-state index contributed by atoms with van der Waals surface area (Å²) in [7, 11) is 1.62. The molecule has 1 atom stereocenters. The molecule has 0 aliphatic heterocycles. The third-order valence-electron chi connectivity index (χ3n) is 4.36. The molecule has 1 aromatic carbocycles. The molecule has 3 rings (SSSR count). The maximum absolute atomic E-state index is 12.8. The Bertz CT molecular complexity index is 1020. The van der Waals surface area contributed by atoms with Gasteiger partial charge < -0.3 is 4.74 Å². The van der Waals surface area contributed by atoms with E-state index >= 15 is 0 Å². The highest BCUT2D eigenvalue weighted by molar-refractivity contribution is 6.36. The predicted molar refractivity (Wildman–Crippen MR) is 105 cm³/mol. The zero-order valence-corrected chi connectivity index (χ0v) is 16.3. The van der Waals surface area contributed by atoms with Crippen molar-refractivity contribution >= 4 is 34.4 Å². The summed E-state index contributed by atoms with van der Waals surface area (Å²) in [4.78, 5) is 21.7. The van der Waals surface area contributed by atoms with Gasteiger partial charge in [0, 0.05) is 34.5 Å². The number of fused-ring (bicyclic) bond motifs is 1. The normalized spacial score (nSPS) is 12.5. The minimum Gasteiger partial charge on any atom is -0.383 e. The Morgan fingerprint density at radius 2 is 2.00 bits per heavy atom. The van der Waals surface area contributed by atoms with E-state index in [1.165, 1.54) is 0 Å². The maximum atomic E-state index is 12.8. The molecule has 0 unspecified atom stereocenters. The van der Waals surface area contributed by atoms with Gasteiger partial charge in [0.05, 0.1) is 12.6 Å². The van der Waals surface area contributed by atoms with Crippen LogP contribution in [0.25, 0.3) is 22.3 Å². The van der Waals surface area contributed by atoms with Gasteiger partial charge in [-0.25, -0.2) is 9.97 Å². The smallest absolute Gasteiger partial charge is 0.273 e. The Kier molecular flexibility index (Phi) is 5.61. The number of halogens is 2. The molecule has 0 radical (unpaired) electrons. The molecule has 3 aromatic rings. The van der Waals surface area contributed by atoms with Crippen LogP contribution in [0.2, 0.25) is 10.0 Å². The molecule has 136 valence electrons. The van der Waals surface area contributed by atoms with Gasteiger partial charge in [-0.2, -0.15) is 0 Å². The number of pyridine rings is 1. The summed E-state index contributed by atoms with van der Waals surface area (Å²) in [6.45, 7) is 4.14. The molecule has 5 nitrogen and oxygen atoms in total. The molecule has 0 aliphatic carbocycles. The van der Waals surface area contributed by atoms with Gasteiger partial charge in [0.2, 0.25) is 0 Å². The van der Waals surface area contributed by atoms with Gasteiger partial charge in [0.25, 0.3) is 5.56 Å². The van der Waals surface area contributed by atoms with E-state index in [1.807, 2.05) is 19.1 Å². The fourth-order valence-electron chi connectivity index (χ4n) is 3.05. The number of methoxy groups -OCH3 is 1. The van der Waals surface area contributed by atoms with Gasteiger partial charge in [-0.3, -0.25) is 9.36 Å². The topological polar surface area (TPSA) is 57.0 Å². The van der Waals surface area contributed by atoms with E-state index in [1.54, 1.807) is 36.9 Å². The number of benzene rings is 1. The van der Waals surface area contributed by atoms with Crippen LogP contribution in [-0.2, 0) is 4.74 Å². The Morgan fingerprint density at radius 3 is 2.65 bits per heavy atom. The SMILES string of the molecule is CC[C@@H](COC)n1c(=O)c(C)nc2c(-c3ccc(Cl)cc3Cl)ccnc21. The highest BCUT2D eigenvalue weighted by atomic mass is 35.5. The van der Waals surface area contributed by atoms with Gasteiger partial charge in [0.15, 0.2) is 5.65 Å². The average molecular weight is 392 g/mol. The standard InChI is InChI=1S/C19H19Cl2N3O2/c1-4-13(10-26-3)24-18-17(23-11(2)19(24)25)15(7-8-22-18)14-6-5-12(20)9-16(14)21/h5-9,13H,4,10H2,1-3H3/t13-/m0/s1. The van der Waals surface area contributed by atoms with Crippen LogP contribution in [-0.4, -0.2) is 28.3 Å². The zero-order valence-electron chi connectivity index (χ0n) is 14.8. The summed E-state index contributed by atoms with van der Waals surface area (Å²) in [6, 6.07) is 7.03. The number of rotatable bonds is 5. The van der Waals surface area contributed by atoms with Crippen molar-refractivity contribution in [2.45, 2.75) is 26.3 Å². The van der Waals surface area contributed by atoms with Crippen LogP contribution in [0, 0.1) is 6.92 Å². The lowest BCUT2D eigenvalue weighted by atomic mass is 10.1. The maximum Gasteiger partial charge on any atom is 0.273 e. The molecule has 0 fully saturated rings. The third kappa shape index (κ3) is 3.34. The second kappa shape index (κ2) is 7.74. The molecule has 0 N–H and O–H groups in total. The van der Waals surface area contributed by atoms with Crippen molar-refractivity contribution in [3.63, 3.8) is 0 Å². The van der Waals surface area contributed by atoms with E-state index in [9.17, 15) is 4.79 Å². The van der Waals surface area contributed by atoms with Crippen LogP contribution in [0.5, 0.6) is 0 Å². The van der Waals surface area contributed by atoms with Crippen LogP contribution in [0.15, 0.2) is 35.3 Å². The molecular weight excluding hydrogens is 373 g/mol. The van der Waals surface area contributed by atoms with E-state index in [0.717, 1.165) is 17.5 Å². The Labute approximate surface area is 161 Å². The second-order valence-corrected chi connectivity index (χ2v) is 6.89. The Balaban J connectivity index is 2.35. The summed E-state index contributed by atoms with van der Waals surface area (Å²) in [5.74, 6) is 0. The van der Waals surface area contributed by atoms with Crippen LogP contribution < -0.4 is 5.56 Å². The predicted octanol–water partition coefficient (Wildman–Crippen LogP) is 4.67. The molecule has 0 bridgehead atoms. The minimum atomic E-state index is -0.159. The lowest BCUT2D eigenvalue weighted by molar-refractivity contribution is 0.153. The second-order valence-electron chi connectivity index (χ2n) is 6.04. The molecule has 0 amide bonds. The fourth-order valence-corrected chi connectivity index (χ4v) is 3.56. The van der Waals surface area contributed by atoms with Gasteiger partial charge in [-0.05, 0) is 31.5 Å². The van der Waals surface area contributed by atoms with Gasteiger partial charge in [-0.1, -0.05) is 36.2 Å². The van der Waals surface area contributed by atoms with Crippen molar-refractivity contribution in [1.29, 1.82) is 0 Å². The van der Waals surface area contributed by atoms with Gasteiger partial charge in [-0.15, -0.1) is 0 Å². The van der Waals surface area contributed by atoms with Crippen molar-refractivity contribution in [3.05, 3.63) is 56.6 Å². The summed E-state index contributed by atoms with van der Waals surface area (Å²) in [5.41, 5.74) is 3.00. The number of aromatic nitrogens is 3. The van der Waals surface area contributed by atoms with Crippen molar-refractivity contribution < 1.29 is 4.74 Å². The summed E-state index contributed by atoms with van der Waals surface area (Å²) < 4.78 is 6.97. The molecule has 26 heavy (non-hydrogen) atoms. The first-order valence-electron chi connectivity index (χ1n) is 8.30. The van der Waals surface area contributed by atoms with Gasteiger partial charge in [0.1, 0.15) is 11.2 Å².